The van der Waals surface area contributed by atoms with Crippen molar-refractivity contribution in [3.05, 3.63) is 17.5 Å². The summed E-state index contributed by atoms with van der Waals surface area (Å²) in [4.78, 5) is 11.8. The molecule has 1 aromatic heterocycles. The van der Waals surface area contributed by atoms with Crippen LogP contribution in [0.4, 0.5) is 0 Å². The summed E-state index contributed by atoms with van der Waals surface area (Å²) in [6, 6.07) is 2.15. The van der Waals surface area contributed by atoms with E-state index in [0.29, 0.717) is 18.2 Å². The Bertz CT molecular complexity index is 384. The van der Waals surface area contributed by atoms with Crippen LogP contribution < -0.4 is 10.6 Å². The molecule has 0 spiro atoms. The highest BCUT2D eigenvalue weighted by Gasteiger charge is 2.26. The van der Waals surface area contributed by atoms with Gasteiger partial charge in [-0.25, -0.2) is 0 Å². The van der Waals surface area contributed by atoms with Crippen molar-refractivity contribution in [1.29, 1.82) is 0 Å². The van der Waals surface area contributed by atoms with Crippen LogP contribution in [0, 0.1) is 0 Å². The lowest BCUT2D eigenvalue weighted by molar-refractivity contribution is 0.0945. The zero-order chi connectivity index (χ0) is 12.3. The zero-order valence-electron chi connectivity index (χ0n) is 10.4. The highest BCUT2D eigenvalue weighted by atomic mass is 16.1. The summed E-state index contributed by atoms with van der Waals surface area (Å²) in [5, 5.41) is 13.1. The van der Waals surface area contributed by atoms with Crippen LogP contribution >= 0.6 is 0 Å². The number of carbonyl (C=O) groups excluding carboxylic acids is 1. The van der Waals surface area contributed by atoms with Gasteiger partial charge in [-0.1, -0.05) is 6.92 Å². The van der Waals surface area contributed by atoms with Gasteiger partial charge in [0.05, 0.1) is 0 Å². The molecule has 0 aliphatic heterocycles. The third-order valence-electron chi connectivity index (χ3n) is 2.97. The number of rotatable bonds is 6. The second-order valence-electron chi connectivity index (χ2n) is 4.65. The first-order valence-electron chi connectivity index (χ1n) is 6.27. The molecule has 17 heavy (non-hydrogen) atoms. The van der Waals surface area contributed by atoms with E-state index in [1.165, 1.54) is 12.8 Å². The maximum atomic E-state index is 11.8. The summed E-state index contributed by atoms with van der Waals surface area (Å²) in [7, 11) is 0. The van der Waals surface area contributed by atoms with Gasteiger partial charge in [0.15, 0.2) is 0 Å². The predicted octanol–water partition coefficient (Wildman–Crippen LogP) is 1.01. The molecule has 1 atom stereocenters. The molecular formula is C12H20N4O. The Morgan fingerprint density at radius 1 is 1.65 bits per heavy atom. The Morgan fingerprint density at radius 3 is 3.06 bits per heavy atom. The predicted molar refractivity (Wildman–Crippen MR) is 66.0 cm³/mol. The summed E-state index contributed by atoms with van der Waals surface area (Å²) in [6.45, 7) is 5.63. The zero-order valence-corrected chi connectivity index (χ0v) is 10.4. The Morgan fingerprint density at radius 2 is 2.41 bits per heavy atom. The van der Waals surface area contributed by atoms with Crippen LogP contribution in [0.15, 0.2) is 6.07 Å². The summed E-state index contributed by atoms with van der Waals surface area (Å²) in [5.74, 6) is 0.502. The molecule has 3 N–H and O–H groups in total. The molecule has 94 valence electrons. The van der Waals surface area contributed by atoms with Gasteiger partial charge >= 0.3 is 0 Å². The van der Waals surface area contributed by atoms with Crippen molar-refractivity contribution in [3.63, 3.8) is 0 Å². The number of nitrogens with one attached hydrogen (secondary N) is 3. The second kappa shape index (κ2) is 5.31. The van der Waals surface area contributed by atoms with Crippen molar-refractivity contribution < 1.29 is 4.79 Å². The molecule has 1 aliphatic rings. The standard InChI is InChI=1S/C12H20N4O/c1-3-13-8(2)7-14-12(17)11-6-10(15-16-11)9-4-5-9/h6,8-9,13H,3-5,7H2,1-2H3,(H,14,17)(H,15,16)/t8-/m1/s1. The molecule has 5 heteroatoms. The number of carbonyl (C=O) groups is 1. The highest BCUT2D eigenvalue weighted by Crippen LogP contribution is 2.38. The summed E-state index contributed by atoms with van der Waals surface area (Å²) in [5.41, 5.74) is 1.59. The van der Waals surface area contributed by atoms with Crippen LogP contribution in [0.25, 0.3) is 0 Å². The quantitative estimate of drug-likeness (QED) is 0.690. The molecule has 0 aromatic carbocycles. The smallest absolute Gasteiger partial charge is 0.271 e. The van der Waals surface area contributed by atoms with Crippen molar-refractivity contribution >= 4 is 5.91 Å². The van der Waals surface area contributed by atoms with Crippen molar-refractivity contribution in [1.82, 2.24) is 20.8 Å². The molecule has 0 saturated heterocycles. The Hall–Kier alpha value is -1.36. The number of H-pyrrole nitrogens is 1. The summed E-state index contributed by atoms with van der Waals surface area (Å²) >= 11 is 0. The second-order valence-corrected chi connectivity index (χ2v) is 4.65. The highest BCUT2D eigenvalue weighted by molar-refractivity contribution is 5.92. The minimum atomic E-state index is -0.0992. The number of likely N-dealkylation sites (N-methyl/N-ethyl adjacent to an activating group) is 1. The van der Waals surface area contributed by atoms with Crippen molar-refractivity contribution in [2.45, 2.75) is 38.6 Å². The van der Waals surface area contributed by atoms with E-state index in [0.717, 1.165) is 12.2 Å². The molecule has 1 aromatic rings. The van der Waals surface area contributed by atoms with E-state index in [1.807, 2.05) is 19.9 Å². The number of hydrogen-bond acceptors (Lipinski definition) is 3. The van der Waals surface area contributed by atoms with Gasteiger partial charge in [-0.15, -0.1) is 0 Å². The SMILES string of the molecule is CCN[C@H](C)CNC(=O)c1cc(C2CC2)[nH]n1. The lowest BCUT2D eigenvalue weighted by Gasteiger charge is -2.12. The Labute approximate surface area is 101 Å². The van der Waals surface area contributed by atoms with Gasteiger partial charge in [0.25, 0.3) is 5.91 Å². The van der Waals surface area contributed by atoms with Gasteiger partial charge in [0, 0.05) is 24.2 Å². The summed E-state index contributed by atoms with van der Waals surface area (Å²) < 4.78 is 0. The van der Waals surface area contributed by atoms with Crippen LogP contribution in [-0.4, -0.2) is 35.2 Å². The van der Waals surface area contributed by atoms with Gasteiger partial charge in [0.2, 0.25) is 0 Å². The van der Waals surface area contributed by atoms with Gasteiger partial charge in [-0.05, 0) is 32.4 Å². The van der Waals surface area contributed by atoms with E-state index in [2.05, 4.69) is 20.8 Å². The first-order chi connectivity index (χ1) is 8.20. The van der Waals surface area contributed by atoms with Crippen molar-refractivity contribution in [2.75, 3.05) is 13.1 Å². The van der Waals surface area contributed by atoms with Gasteiger partial charge in [-0.3, -0.25) is 9.89 Å². The van der Waals surface area contributed by atoms with Crippen LogP contribution in [0.3, 0.4) is 0 Å². The third-order valence-corrected chi connectivity index (χ3v) is 2.97. The molecule has 1 heterocycles. The molecule has 1 aliphatic carbocycles. The Kier molecular flexibility index (Phi) is 3.78. The van der Waals surface area contributed by atoms with E-state index < -0.39 is 0 Å². The third kappa shape index (κ3) is 3.30. The lowest BCUT2D eigenvalue weighted by Crippen LogP contribution is -2.38. The van der Waals surface area contributed by atoms with Crippen LogP contribution in [0.1, 0.15) is 48.8 Å². The minimum absolute atomic E-state index is 0.0992. The largest absolute Gasteiger partial charge is 0.349 e. The number of aromatic nitrogens is 2. The number of nitrogens with zero attached hydrogens (tertiary/aromatic N) is 1. The summed E-state index contributed by atoms with van der Waals surface area (Å²) in [6.07, 6.45) is 2.42. The fourth-order valence-electron chi connectivity index (χ4n) is 1.81. The van der Waals surface area contributed by atoms with Gasteiger partial charge in [0.1, 0.15) is 5.69 Å². The van der Waals surface area contributed by atoms with Crippen LogP contribution in [0.5, 0.6) is 0 Å². The van der Waals surface area contributed by atoms with E-state index >= 15 is 0 Å². The maximum Gasteiger partial charge on any atom is 0.271 e. The Balaban J connectivity index is 1.81. The molecule has 0 radical (unpaired) electrons. The fraction of sp³-hybridized carbons (Fsp3) is 0.667. The van der Waals surface area contributed by atoms with Gasteiger partial charge in [-0.2, -0.15) is 5.10 Å². The van der Waals surface area contributed by atoms with E-state index in [-0.39, 0.29) is 11.9 Å². The van der Waals surface area contributed by atoms with E-state index in [9.17, 15) is 4.79 Å². The normalized spacial score (nSPS) is 16.8. The molecule has 0 unspecified atom stereocenters. The lowest BCUT2D eigenvalue weighted by atomic mass is 10.2. The molecule has 1 saturated carbocycles. The van der Waals surface area contributed by atoms with E-state index in [1.54, 1.807) is 0 Å². The van der Waals surface area contributed by atoms with Crippen LogP contribution in [0.2, 0.25) is 0 Å². The molecule has 1 amide bonds. The number of aromatic amines is 1. The maximum absolute atomic E-state index is 11.8. The average Bonchev–Trinajstić information content (AvgIpc) is 3.05. The monoisotopic (exact) mass is 236 g/mol. The molecule has 2 rings (SSSR count). The molecule has 1 fully saturated rings. The number of amides is 1. The average molecular weight is 236 g/mol. The first kappa shape index (κ1) is 12.1. The minimum Gasteiger partial charge on any atom is -0.349 e. The van der Waals surface area contributed by atoms with Crippen molar-refractivity contribution in [3.8, 4) is 0 Å². The topological polar surface area (TPSA) is 69.8 Å². The molecule has 0 bridgehead atoms. The fourth-order valence-corrected chi connectivity index (χ4v) is 1.81. The molecule has 5 nitrogen and oxygen atoms in total. The van der Waals surface area contributed by atoms with Crippen molar-refractivity contribution in [2.24, 2.45) is 0 Å². The van der Waals surface area contributed by atoms with Gasteiger partial charge < -0.3 is 10.6 Å². The van der Waals surface area contributed by atoms with Crippen LogP contribution in [-0.2, 0) is 0 Å². The number of hydrogen-bond donors (Lipinski definition) is 3. The molecular weight excluding hydrogens is 216 g/mol. The first-order valence-corrected chi connectivity index (χ1v) is 6.27. The van der Waals surface area contributed by atoms with E-state index in [4.69, 9.17) is 0 Å².